The number of hydrogen-bond acceptors (Lipinski definition) is 1. The van der Waals surface area contributed by atoms with Gasteiger partial charge in [0.25, 0.3) is 0 Å². The van der Waals surface area contributed by atoms with E-state index >= 15 is 0 Å². The molecule has 0 amide bonds. The molecule has 2 heterocycles. The number of hydrogen-bond donors (Lipinski definition) is 1. The number of nitrogens with zero attached hydrogens (tertiary/aromatic N) is 1. The number of aryl methyl sites for hydroxylation is 2. The normalized spacial score (nSPS) is 15.6. The van der Waals surface area contributed by atoms with Crippen LogP contribution in [0.2, 0.25) is 0 Å². The summed E-state index contributed by atoms with van der Waals surface area (Å²) < 4.78 is 2.48. The van der Waals surface area contributed by atoms with Crippen LogP contribution in [-0.4, -0.2) is 11.1 Å². The minimum absolute atomic E-state index is 1.01. The minimum Gasteiger partial charge on any atom is -0.342 e. The van der Waals surface area contributed by atoms with Gasteiger partial charge < -0.3 is 9.88 Å². The lowest BCUT2D eigenvalue weighted by molar-refractivity contribution is 0.524. The average molecular weight is 200 g/mol. The zero-order valence-electron chi connectivity index (χ0n) is 9.30. The molecule has 1 N–H and O–H groups in total. The van der Waals surface area contributed by atoms with Crippen LogP contribution < -0.4 is 5.32 Å². The molecule has 0 radical (unpaired) electrons. The maximum Gasteiger partial charge on any atom is 0.0515 e. The van der Waals surface area contributed by atoms with Crippen molar-refractivity contribution in [3.8, 4) is 0 Å². The van der Waals surface area contributed by atoms with Gasteiger partial charge in [0.05, 0.1) is 5.52 Å². The minimum atomic E-state index is 1.01. The van der Waals surface area contributed by atoms with Crippen LogP contribution in [-0.2, 0) is 13.1 Å². The largest absolute Gasteiger partial charge is 0.342 e. The third-order valence-corrected chi connectivity index (χ3v) is 3.48. The van der Waals surface area contributed by atoms with Crippen LogP contribution in [0.1, 0.15) is 16.8 Å². The topological polar surface area (TPSA) is 17.0 Å². The highest BCUT2D eigenvalue weighted by atomic mass is 15.1. The molecule has 0 atom stereocenters. The molecule has 0 saturated carbocycles. The molecule has 78 valence electrons. The molecule has 1 aromatic carbocycles. The third-order valence-electron chi connectivity index (χ3n) is 3.48. The van der Waals surface area contributed by atoms with Crippen molar-refractivity contribution in [3.05, 3.63) is 35.0 Å². The zero-order chi connectivity index (χ0) is 10.4. The number of benzene rings is 1. The summed E-state index contributed by atoms with van der Waals surface area (Å²) in [5, 5.41) is 4.87. The summed E-state index contributed by atoms with van der Waals surface area (Å²) in [7, 11) is 0. The van der Waals surface area contributed by atoms with E-state index < -0.39 is 0 Å². The fraction of sp³-hybridized carbons (Fsp3) is 0.385. The predicted octanol–water partition coefficient (Wildman–Crippen LogP) is 2.36. The van der Waals surface area contributed by atoms with Crippen molar-refractivity contribution in [1.29, 1.82) is 0 Å². The second-order valence-electron chi connectivity index (χ2n) is 4.37. The number of fused-ring (bicyclic) bond motifs is 3. The van der Waals surface area contributed by atoms with Gasteiger partial charge in [0.1, 0.15) is 0 Å². The summed E-state index contributed by atoms with van der Waals surface area (Å²) in [5.41, 5.74) is 5.74. The maximum atomic E-state index is 3.44. The molecular formula is C13H16N2. The molecule has 0 fully saturated rings. The average Bonchev–Trinajstić information content (AvgIpc) is 2.55. The molecule has 0 unspecified atom stereocenters. The van der Waals surface area contributed by atoms with Crippen LogP contribution in [0.4, 0.5) is 0 Å². The molecule has 15 heavy (non-hydrogen) atoms. The number of aromatic nitrogens is 1. The lowest BCUT2D eigenvalue weighted by Gasteiger charge is -2.18. The summed E-state index contributed by atoms with van der Waals surface area (Å²) in [5.74, 6) is 0. The van der Waals surface area contributed by atoms with E-state index in [1.54, 1.807) is 0 Å². The Morgan fingerprint density at radius 2 is 2.13 bits per heavy atom. The zero-order valence-corrected chi connectivity index (χ0v) is 9.30. The fourth-order valence-corrected chi connectivity index (χ4v) is 2.69. The summed E-state index contributed by atoms with van der Waals surface area (Å²) >= 11 is 0. The van der Waals surface area contributed by atoms with Gasteiger partial charge in [-0.15, -0.1) is 0 Å². The van der Waals surface area contributed by atoms with Crippen molar-refractivity contribution in [2.24, 2.45) is 0 Å². The van der Waals surface area contributed by atoms with Crippen LogP contribution in [0.25, 0.3) is 10.9 Å². The Labute approximate surface area is 89.9 Å². The fourth-order valence-electron chi connectivity index (χ4n) is 2.69. The quantitative estimate of drug-likeness (QED) is 0.691. The third kappa shape index (κ3) is 1.15. The van der Waals surface area contributed by atoms with Crippen LogP contribution >= 0.6 is 0 Å². The highest BCUT2D eigenvalue weighted by Gasteiger charge is 2.17. The molecule has 0 spiro atoms. The number of rotatable bonds is 0. The van der Waals surface area contributed by atoms with Crippen molar-refractivity contribution in [1.82, 2.24) is 9.88 Å². The molecule has 0 bridgehead atoms. The van der Waals surface area contributed by atoms with Gasteiger partial charge in [-0.3, -0.25) is 0 Å². The Balaban J connectivity index is 2.44. The van der Waals surface area contributed by atoms with Crippen LogP contribution in [0, 0.1) is 13.8 Å². The lowest BCUT2D eigenvalue weighted by atomic mass is 10.1. The number of para-hydroxylation sites is 1. The van der Waals surface area contributed by atoms with Crippen molar-refractivity contribution < 1.29 is 0 Å². The standard InChI is InChI=1S/C13H16N2/c1-9-4-3-5-11-10(2)12-8-14-6-7-15(12)13(9)11/h3-5,14H,6-8H2,1-2H3. The van der Waals surface area contributed by atoms with Gasteiger partial charge in [0, 0.05) is 30.7 Å². The van der Waals surface area contributed by atoms with Gasteiger partial charge in [-0.1, -0.05) is 18.2 Å². The highest BCUT2D eigenvalue weighted by Crippen LogP contribution is 2.28. The molecule has 0 saturated heterocycles. The monoisotopic (exact) mass is 200 g/mol. The Bertz CT molecular complexity index is 523. The first-order valence-electron chi connectivity index (χ1n) is 5.57. The van der Waals surface area contributed by atoms with Gasteiger partial charge >= 0.3 is 0 Å². The maximum absolute atomic E-state index is 3.44. The summed E-state index contributed by atoms with van der Waals surface area (Å²) in [6, 6.07) is 6.60. The predicted molar refractivity (Wildman–Crippen MR) is 63.1 cm³/mol. The second kappa shape index (κ2) is 3.11. The second-order valence-corrected chi connectivity index (χ2v) is 4.37. The van der Waals surface area contributed by atoms with Crippen molar-refractivity contribution in [2.45, 2.75) is 26.9 Å². The SMILES string of the molecule is Cc1c2n(c3c(C)cccc13)CCNC2. The Hall–Kier alpha value is -1.28. The first-order valence-corrected chi connectivity index (χ1v) is 5.57. The van der Waals surface area contributed by atoms with Crippen LogP contribution in [0.3, 0.4) is 0 Å². The van der Waals surface area contributed by atoms with Crippen molar-refractivity contribution >= 4 is 10.9 Å². The molecule has 0 aliphatic carbocycles. The van der Waals surface area contributed by atoms with E-state index in [1.807, 2.05) is 0 Å². The molecule has 2 nitrogen and oxygen atoms in total. The van der Waals surface area contributed by atoms with E-state index in [4.69, 9.17) is 0 Å². The molecule has 3 rings (SSSR count). The molecular weight excluding hydrogens is 184 g/mol. The smallest absolute Gasteiger partial charge is 0.0515 e. The van der Waals surface area contributed by atoms with E-state index in [0.29, 0.717) is 0 Å². The van der Waals surface area contributed by atoms with Crippen molar-refractivity contribution in [3.63, 3.8) is 0 Å². The Morgan fingerprint density at radius 3 is 3.00 bits per heavy atom. The molecule has 1 aliphatic heterocycles. The Kier molecular flexibility index (Phi) is 1.86. The highest BCUT2D eigenvalue weighted by molar-refractivity contribution is 5.88. The van der Waals surface area contributed by atoms with Gasteiger partial charge in [-0.05, 0) is 25.0 Å². The molecule has 2 aromatic rings. The van der Waals surface area contributed by atoms with Crippen LogP contribution in [0.5, 0.6) is 0 Å². The summed E-state index contributed by atoms with van der Waals surface area (Å²) in [4.78, 5) is 0. The van der Waals surface area contributed by atoms with E-state index in [2.05, 4.69) is 41.9 Å². The first-order chi connectivity index (χ1) is 7.29. The van der Waals surface area contributed by atoms with E-state index in [1.165, 1.54) is 27.7 Å². The van der Waals surface area contributed by atoms with Crippen LogP contribution in [0.15, 0.2) is 18.2 Å². The molecule has 1 aromatic heterocycles. The van der Waals surface area contributed by atoms with E-state index in [9.17, 15) is 0 Å². The van der Waals surface area contributed by atoms with Crippen molar-refractivity contribution in [2.75, 3.05) is 6.54 Å². The molecule has 2 heteroatoms. The molecule has 1 aliphatic rings. The van der Waals surface area contributed by atoms with Gasteiger partial charge in [0.15, 0.2) is 0 Å². The van der Waals surface area contributed by atoms with Gasteiger partial charge in [-0.25, -0.2) is 0 Å². The first kappa shape index (κ1) is 8.98. The number of nitrogens with one attached hydrogen (secondary N) is 1. The van der Waals surface area contributed by atoms with Gasteiger partial charge in [-0.2, -0.15) is 0 Å². The van der Waals surface area contributed by atoms with Gasteiger partial charge in [0.2, 0.25) is 0 Å². The van der Waals surface area contributed by atoms with E-state index in [0.717, 1.165) is 19.6 Å². The summed E-state index contributed by atoms with van der Waals surface area (Å²) in [6.45, 7) is 7.65. The summed E-state index contributed by atoms with van der Waals surface area (Å²) in [6.07, 6.45) is 0. The Morgan fingerprint density at radius 1 is 1.27 bits per heavy atom. The van der Waals surface area contributed by atoms with E-state index in [-0.39, 0.29) is 0 Å². The lowest BCUT2D eigenvalue weighted by Crippen LogP contribution is -2.28.